The smallest absolute Gasteiger partial charge is 0.105 e. The average molecular weight is 323 g/mol. The first-order valence-electron chi connectivity index (χ1n) is 6.28. The molecule has 0 bridgehead atoms. The van der Waals surface area contributed by atoms with Crippen LogP contribution in [0.1, 0.15) is 29.9 Å². The largest absolute Gasteiger partial charge is 0.469 e. The number of nitrogens with zero attached hydrogens (tertiary/aromatic N) is 1. The van der Waals surface area contributed by atoms with Gasteiger partial charge in [0.1, 0.15) is 5.76 Å². The van der Waals surface area contributed by atoms with E-state index in [9.17, 15) is 0 Å². The van der Waals surface area contributed by atoms with E-state index in [4.69, 9.17) is 10.2 Å². The summed E-state index contributed by atoms with van der Waals surface area (Å²) in [6.45, 7) is 4.79. The van der Waals surface area contributed by atoms with E-state index in [2.05, 4.69) is 46.1 Å². The summed E-state index contributed by atoms with van der Waals surface area (Å²) in [5.74, 6) is 0.968. The van der Waals surface area contributed by atoms with Gasteiger partial charge in [-0.05, 0) is 53.5 Å². The normalized spacial score (nSPS) is 12.5. The van der Waals surface area contributed by atoms with Gasteiger partial charge in [-0.3, -0.25) is 0 Å². The molecule has 0 radical (unpaired) electrons. The number of furan rings is 1. The highest BCUT2D eigenvalue weighted by molar-refractivity contribution is 9.10. The molecule has 0 saturated carbocycles. The Morgan fingerprint density at radius 1 is 1.37 bits per heavy atom. The fourth-order valence-corrected chi connectivity index (χ4v) is 2.73. The Morgan fingerprint density at radius 2 is 2.11 bits per heavy atom. The lowest BCUT2D eigenvalue weighted by Gasteiger charge is -2.21. The lowest BCUT2D eigenvalue weighted by molar-refractivity contribution is 0.529. The highest BCUT2D eigenvalue weighted by Crippen LogP contribution is 2.29. The monoisotopic (exact) mass is 322 g/mol. The van der Waals surface area contributed by atoms with Crippen LogP contribution in [0.3, 0.4) is 0 Å². The van der Waals surface area contributed by atoms with Crippen LogP contribution < -0.4 is 10.6 Å². The van der Waals surface area contributed by atoms with Gasteiger partial charge in [0.25, 0.3) is 0 Å². The van der Waals surface area contributed by atoms with Crippen LogP contribution in [-0.2, 0) is 6.54 Å². The summed E-state index contributed by atoms with van der Waals surface area (Å²) in [6, 6.07) is 8.31. The van der Waals surface area contributed by atoms with Gasteiger partial charge in [-0.15, -0.1) is 0 Å². The Kier molecular flexibility index (Phi) is 4.32. The second-order valence-corrected chi connectivity index (χ2v) is 5.71. The van der Waals surface area contributed by atoms with Crippen molar-refractivity contribution < 1.29 is 4.42 Å². The van der Waals surface area contributed by atoms with Gasteiger partial charge in [0.2, 0.25) is 0 Å². The van der Waals surface area contributed by atoms with E-state index in [1.807, 2.05) is 19.9 Å². The lowest BCUT2D eigenvalue weighted by Crippen LogP contribution is -2.17. The third-order valence-corrected chi connectivity index (χ3v) is 3.92. The molecule has 0 aliphatic carbocycles. The second kappa shape index (κ2) is 5.80. The van der Waals surface area contributed by atoms with E-state index < -0.39 is 0 Å². The van der Waals surface area contributed by atoms with Gasteiger partial charge < -0.3 is 15.1 Å². The molecule has 1 heterocycles. The number of hydrogen-bond donors (Lipinski definition) is 1. The molecule has 0 aliphatic heterocycles. The van der Waals surface area contributed by atoms with E-state index >= 15 is 0 Å². The van der Waals surface area contributed by atoms with Crippen LogP contribution in [0.4, 0.5) is 5.69 Å². The minimum absolute atomic E-state index is 0.0479. The molecule has 2 aromatic rings. The summed E-state index contributed by atoms with van der Waals surface area (Å²) in [5, 5.41) is 0. The van der Waals surface area contributed by atoms with Crippen molar-refractivity contribution in [1.29, 1.82) is 0 Å². The summed E-state index contributed by atoms with van der Waals surface area (Å²) < 4.78 is 6.39. The van der Waals surface area contributed by atoms with Gasteiger partial charge in [0.15, 0.2) is 0 Å². The van der Waals surface area contributed by atoms with Crippen LogP contribution in [0.5, 0.6) is 0 Å². The molecule has 1 atom stereocenters. The van der Waals surface area contributed by atoms with Crippen molar-refractivity contribution in [2.24, 2.45) is 5.73 Å². The summed E-state index contributed by atoms with van der Waals surface area (Å²) in [6.07, 6.45) is 1.73. The van der Waals surface area contributed by atoms with Crippen LogP contribution in [0.15, 0.2) is 39.4 Å². The lowest BCUT2D eigenvalue weighted by atomic mass is 10.1. The molecule has 0 fully saturated rings. The molecular weight excluding hydrogens is 304 g/mol. The van der Waals surface area contributed by atoms with Gasteiger partial charge in [-0.1, -0.05) is 6.07 Å². The van der Waals surface area contributed by atoms with E-state index in [1.165, 1.54) is 5.56 Å². The van der Waals surface area contributed by atoms with Crippen molar-refractivity contribution in [2.75, 3.05) is 11.9 Å². The Hall–Kier alpha value is -1.26. The van der Waals surface area contributed by atoms with Crippen molar-refractivity contribution >= 4 is 21.6 Å². The number of halogens is 1. The first kappa shape index (κ1) is 14.2. The Labute approximate surface area is 122 Å². The third kappa shape index (κ3) is 3.19. The topological polar surface area (TPSA) is 42.4 Å². The molecule has 0 saturated heterocycles. The Bertz CT molecular complexity index is 563. The number of nitrogens with two attached hydrogens (primary N) is 1. The van der Waals surface area contributed by atoms with Gasteiger partial charge >= 0.3 is 0 Å². The van der Waals surface area contributed by atoms with Crippen LogP contribution in [-0.4, -0.2) is 7.05 Å². The van der Waals surface area contributed by atoms with Gasteiger partial charge in [0, 0.05) is 29.7 Å². The molecule has 1 aromatic heterocycles. The minimum Gasteiger partial charge on any atom is -0.469 e. The first-order valence-corrected chi connectivity index (χ1v) is 7.07. The molecule has 0 amide bonds. The molecule has 0 aliphatic rings. The molecule has 19 heavy (non-hydrogen) atoms. The zero-order valence-electron chi connectivity index (χ0n) is 11.5. The summed E-state index contributed by atoms with van der Waals surface area (Å²) in [5.41, 5.74) is 9.36. The summed E-state index contributed by atoms with van der Waals surface area (Å²) in [4.78, 5) is 2.19. The maximum absolute atomic E-state index is 5.89. The van der Waals surface area contributed by atoms with E-state index in [1.54, 1.807) is 6.26 Å². The van der Waals surface area contributed by atoms with Crippen LogP contribution in [0.2, 0.25) is 0 Å². The summed E-state index contributed by atoms with van der Waals surface area (Å²) in [7, 11) is 2.07. The molecule has 3 nitrogen and oxygen atoms in total. The van der Waals surface area contributed by atoms with E-state index in [0.717, 1.165) is 28.0 Å². The number of anilines is 1. The Balaban J connectivity index is 2.20. The molecule has 0 spiro atoms. The number of aryl methyl sites for hydroxylation is 1. The molecule has 2 rings (SSSR count). The van der Waals surface area contributed by atoms with Gasteiger partial charge in [-0.25, -0.2) is 0 Å². The highest BCUT2D eigenvalue weighted by Gasteiger charge is 2.11. The minimum atomic E-state index is 0.0479. The van der Waals surface area contributed by atoms with E-state index in [-0.39, 0.29) is 6.04 Å². The van der Waals surface area contributed by atoms with Crippen molar-refractivity contribution in [3.05, 3.63) is 51.9 Å². The number of rotatable bonds is 4. The van der Waals surface area contributed by atoms with Gasteiger partial charge in [-0.2, -0.15) is 0 Å². The fraction of sp³-hybridized carbons (Fsp3) is 0.333. The average Bonchev–Trinajstić information content (AvgIpc) is 2.74. The molecule has 4 heteroatoms. The fourth-order valence-electron chi connectivity index (χ4n) is 2.03. The molecule has 0 unspecified atom stereocenters. The number of hydrogen-bond acceptors (Lipinski definition) is 3. The highest BCUT2D eigenvalue weighted by atomic mass is 79.9. The zero-order valence-corrected chi connectivity index (χ0v) is 13.1. The maximum atomic E-state index is 5.89. The molecule has 102 valence electrons. The number of benzene rings is 1. The standard InChI is InChI=1S/C15H19BrN2O/c1-10(17)12-4-5-15(14(16)8-12)18(3)9-13-6-7-19-11(13)2/h4-8,10H,9,17H2,1-3H3/t10-/m0/s1. The maximum Gasteiger partial charge on any atom is 0.105 e. The zero-order chi connectivity index (χ0) is 14.0. The third-order valence-electron chi connectivity index (χ3n) is 3.28. The second-order valence-electron chi connectivity index (χ2n) is 4.86. The van der Waals surface area contributed by atoms with Crippen LogP contribution in [0, 0.1) is 6.92 Å². The quantitative estimate of drug-likeness (QED) is 0.924. The SMILES string of the molecule is Cc1occc1CN(C)c1ccc([C@H](C)N)cc1Br. The molecular formula is C15H19BrN2O. The van der Waals surface area contributed by atoms with Crippen LogP contribution >= 0.6 is 15.9 Å². The van der Waals surface area contributed by atoms with Crippen LogP contribution in [0.25, 0.3) is 0 Å². The molecule has 1 aromatic carbocycles. The predicted molar refractivity (Wildman–Crippen MR) is 82.3 cm³/mol. The van der Waals surface area contributed by atoms with Crippen molar-refractivity contribution in [3.8, 4) is 0 Å². The van der Waals surface area contributed by atoms with Gasteiger partial charge in [0.05, 0.1) is 12.0 Å². The summed E-state index contributed by atoms with van der Waals surface area (Å²) >= 11 is 3.62. The van der Waals surface area contributed by atoms with Crippen molar-refractivity contribution in [3.63, 3.8) is 0 Å². The van der Waals surface area contributed by atoms with E-state index in [0.29, 0.717) is 0 Å². The first-order chi connectivity index (χ1) is 8.99. The van der Waals surface area contributed by atoms with Crippen molar-refractivity contribution in [2.45, 2.75) is 26.4 Å². The van der Waals surface area contributed by atoms with Crippen molar-refractivity contribution in [1.82, 2.24) is 0 Å². The predicted octanol–water partition coefficient (Wildman–Crippen LogP) is 4.01. The molecule has 2 N–H and O–H groups in total. The Morgan fingerprint density at radius 3 is 2.63 bits per heavy atom.